The van der Waals surface area contributed by atoms with Crippen LogP contribution in [0.5, 0.6) is 0 Å². The van der Waals surface area contributed by atoms with Crippen molar-refractivity contribution >= 4 is 17.6 Å². The molecule has 0 fully saturated rings. The van der Waals surface area contributed by atoms with Crippen molar-refractivity contribution in [3.05, 3.63) is 46.5 Å². The van der Waals surface area contributed by atoms with Crippen LogP contribution in [0.1, 0.15) is 36.0 Å². The monoisotopic (exact) mass is 250 g/mol. The van der Waals surface area contributed by atoms with Crippen LogP contribution in [0, 0.1) is 0 Å². The Bertz CT molecular complexity index is 420. The van der Waals surface area contributed by atoms with Crippen molar-refractivity contribution in [2.75, 3.05) is 6.61 Å². The first-order chi connectivity index (χ1) is 8.25. The first kappa shape index (κ1) is 12.2. The quantitative estimate of drug-likeness (QED) is 0.599. The number of carbonyl (C=O) groups excluding carboxylic acids is 1. The van der Waals surface area contributed by atoms with Crippen molar-refractivity contribution < 1.29 is 9.53 Å². The third kappa shape index (κ3) is 3.60. The fraction of sp³-hybridized carbons (Fsp3) is 0.357. The fourth-order valence-corrected chi connectivity index (χ4v) is 1.99. The molecule has 2 nitrogen and oxygen atoms in total. The predicted molar refractivity (Wildman–Crippen MR) is 68.3 cm³/mol. The zero-order valence-electron chi connectivity index (χ0n) is 9.62. The number of carbonyl (C=O) groups is 1. The second-order valence-corrected chi connectivity index (χ2v) is 4.63. The lowest BCUT2D eigenvalue weighted by atomic mass is 10.0. The van der Waals surface area contributed by atoms with Gasteiger partial charge in [-0.25, -0.2) is 4.79 Å². The molecule has 1 aromatic carbocycles. The van der Waals surface area contributed by atoms with Crippen molar-refractivity contribution in [2.24, 2.45) is 0 Å². The molecule has 90 valence electrons. The topological polar surface area (TPSA) is 26.3 Å². The van der Waals surface area contributed by atoms with Gasteiger partial charge in [0.2, 0.25) is 0 Å². The average Bonchev–Trinajstić information content (AvgIpc) is 2.38. The highest BCUT2D eigenvalue weighted by Crippen LogP contribution is 2.18. The van der Waals surface area contributed by atoms with Crippen LogP contribution < -0.4 is 0 Å². The summed E-state index contributed by atoms with van der Waals surface area (Å²) in [5.41, 5.74) is 1.78. The highest BCUT2D eigenvalue weighted by Gasteiger charge is 2.09. The van der Waals surface area contributed by atoms with E-state index in [9.17, 15) is 4.79 Å². The Labute approximate surface area is 106 Å². The van der Waals surface area contributed by atoms with E-state index < -0.39 is 0 Å². The van der Waals surface area contributed by atoms with E-state index in [1.807, 2.05) is 0 Å². The van der Waals surface area contributed by atoms with E-state index in [0.717, 1.165) is 12.8 Å². The van der Waals surface area contributed by atoms with Gasteiger partial charge < -0.3 is 4.74 Å². The Morgan fingerprint density at radius 2 is 2.00 bits per heavy atom. The first-order valence-corrected chi connectivity index (χ1v) is 6.24. The molecule has 0 amide bonds. The number of ether oxygens (including phenoxy) is 1. The van der Waals surface area contributed by atoms with Crippen LogP contribution in [-0.2, 0) is 4.74 Å². The Morgan fingerprint density at radius 3 is 2.65 bits per heavy atom. The van der Waals surface area contributed by atoms with Crippen LogP contribution >= 0.6 is 11.6 Å². The number of hydrogen-bond acceptors (Lipinski definition) is 2. The lowest BCUT2D eigenvalue weighted by molar-refractivity contribution is 0.0536. The zero-order valence-corrected chi connectivity index (χ0v) is 10.4. The molecule has 0 aromatic heterocycles. The van der Waals surface area contributed by atoms with Gasteiger partial charge in [-0.2, -0.15) is 0 Å². The standard InChI is InChI=1S/C14H15ClO2/c15-13-8-6-12(7-9-13)14(16)17-10-11-4-2-1-3-5-11/h4,6-9H,1-3,5,10H2. The van der Waals surface area contributed by atoms with Gasteiger partial charge in [-0.05, 0) is 55.5 Å². The molecule has 0 unspecified atom stereocenters. The minimum absolute atomic E-state index is 0.284. The van der Waals surface area contributed by atoms with Gasteiger partial charge in [0.15, 0.2) is 0 Å². The fourth-order valence-electron chi connectivity index (χ4n) is 1.86. The molecule has 0 saturated carbocycles. The summed E-state index contributed by atoms with van der Waals surface area (Å²) in [6, 6.07) is 6.75. The Balaban J connectivity index is 1.88. The van der Waals surface area contributed by atoms with Gasteiger partial charge in [0, 0.05) is 5.02 Å². The molecule has 1 aromatic rings. The second-order valence-electron chi connectivity index (χ2n) is 4.19. The van der Waals surface area contributed by atoms with Crippen LogP contribution in [0.2, 0.25) is 5.02 Å². The summed E-state index contributed by atoms with van der Waals surface area (Å²) in [4.78, 5) is 11.7. The maximum absolute atomic E-state index is 11.7. The minimum atomic E-state index is -0.284. The van der Waals surface area contributed by atoms with E-state index in [2.05, 4.69) is 6.08 Å². The van der Waals surface area contributed by atoms with Crippen molar-refractivity contribution in [1.82, 2.24) is 0 Å². The minimum Gasteiger partial charge on any atom is -0.458 e. The van der Waals surface area contributed by atoms with Crippen LogP contribution in [0.15, 0.2) is 35.9 Å². The Morgan fingerprint density at radius 1 is 1.24 bits per heavy atom. The predicted octanol–water partition coefficient (Wildman–Crippen LogP) is 4.00. The molecular weight excluding hydrogens is 236 g/mol. The molecule has 1 aliphatic rings. The maximum atomic E-state index is 11.7. The maximum Gasteiger partial charge on any atom is 0.338 e. The van der Waals surface area contributed by atoms with Crippen LogP contribution in [0.4, 0.5) is 0 Å². The van der Waals surface area contributed by atoms with Gasteiger partial charge in [-0.15, -0.1) is 0 Å². The number of benzene rings is 1. The number of hydrogen-bond donors (Lipinski definition) is 0. The van der Waals surface area contributed by atoms with E-state index in [1.54, 1.807) is 24.3 Å². The highest BCUT2D eigenvalue weighted by atomic mass is 35.5. The summed E-state index contributed by atoms with van der Waals surface area (Å²) in [7, 11) is 0. The van der Waals surface area contributed by atoms with Crippen molar-refractivity contribution in [2.45, 2.75) is 25.7 Å². The van der Waals surface area contributed by atoms with Crippen LogP contribution in [0.3, 0.4) is 0 Å². The van der Waals surface area contributed by atoms with Gasteiger partial charge in [0.25, 0.3) is 0 Å². The number of allylic oxidation sites excluding steroid dienone is 1. The molecule has 0 spiro atoms. The first-order valence-electron chi connectivity index (χ1n) is 5.86. The summed E-state index contributed by atoms with van der Waals surface area (Å²) in [6.07, 6.45) is 6.78. The van der Waals surface area contributed by atoms with Gasteiger partial charge in [0.05, 0.1) is 5.56 Å². The average molecular weight is 251 g/mol. The number of esters is 1. The third-order valence-electron chi connectivity index (χ3n) is 2.85. The van der Waals surface area contributed by atoms with Crippen molar-refractivity contribution in [1.29, 1.82) is 0 Å². The summed E-state index contributed by atoms with van der Waals surface area (Å²) in [5, 5.41) is 0.622. The van der Waals surface area contributed by atoms with E-state index in [4.69, 9.17) is 16.3 Å². The third-order valence-corrected chi connectivity index (χ3v) is 3.11. The molecule has 0 radical (unpaired) electrons. The highest BCUT2D eigenvalue weighted by molar-refractivity contribution is 6.30. The lowest BCUT2D eigenvalue weighted by Gasteiger charge is -2.12. The molecule has 2 rings (SSSR count). The smallest absolute Gasteiger partial charge is 0.338 e. The molecule has 0 bridgehead atoms. The molecule has 3 heteroatoms. The van der Waals surface area contributed by atoms with Gasteiger partial charge >= 0.3 is 5.97 Å². The molecule has 0 N–H and O–H groups in total. The van der Waals surface area contributed by atoms with E-state index in [1.165, 1.54) is 18.4 Å². The number of rotatable bonds is 3. The lowest BCUT2D eigenvalue weighted by Crippen LogP contribution is -2.09. The Kier molecular flexibility index (Phi) is 4.21. The van der Waals surface area contributed by atoms with Gasteiger partial charge in [-0.1, -0.05) is 17.7 Å². The normalized spacial score (nSPS) is 15.2. The number of halogens is 1. The summed E-state index contributed by atoms with van der Waals surface area (Å²) in [5.74, 6) is -0.284. The summed E-state index contributed by atoms with van der Waals surface area (Å²) >= 11 is 5.75. The van der Waals surface area contributed by atoms with Gasteiger partial charge in [0.1, 0.15) is 6.61 Å². The van der Waals surface area contributed by atoms with Crippen LogP contribution in [0.25, 0.3) is 0 Å². The van der Waals surface area contributed by atoms with E-state index in [-0.39, 0.29) is 5.97 Å². The molecule has 1 aliphatic carbocycles. The molecule has 17 heavy (non-hydrogen) atoms. The van der Waals surface area contributed by atoms with Gasteiger partial charge in [-0.3, -0.25) is 0 Å². The molecule has 0 atom stereocenters. The van der Waals surface area contributed by atoms with Crippen LogP contribution in [-0.4, -0.2) is 12.6 Å². The Hall–Kier alpha value is -1.28. The molecular formula is C14H15ClO2. The largest absolute Gasteiger partial charge is 0.458 e. The zero-order chi connectivity index (χ0) is 12.1. The summed E-state index contributed by atoms with van der Waals surface area (Å²) < 4.78 is 5.26. The SMILES string of the molecule is O=C(OCC1=CCCCC1)c1ccc(Cl)cc1. The second kappa shape index (κ2) is 5.87. The van der Waals surface area contributed by atoms with Crippen molar-refractivity contribution in [3.8, 4) is 0 Å². The molecule has 0 aliphatic heterocycles. The summed E-state index contributed by atoms with van der Waals surface area (Å²) in [6.45, 7) is 0.418. The van der Waals surface area contributed by atoms with Crippen molar-refractivity contribution in [3.63, 3.8) is 0 Å². The van der Waals surface area contributed by atoms with E-state index >= 15 is 0 Å². The molecule has 0 heterocycles. The van der Waals surface area contributed by atoms with E-state index in [0.29, 0.717) is 17.2 Å². The molecule has 0 saturated heterocycles.